The Balaban J connectivity index is 1.84. The zero-order valence-corrected chi connectivity index (χ0v) is 13.8. The van der Waals surface area contributed by atoms with Gasteiger partial charge in [-0.15, -0.1) is 0 Å². The van der Waals surface area contributed by atoms with Crippen molar-refractivity contribution < 1.29 is 9.72 Å². The fraction of sp³-hybridized carbons (Fsp3) is 0.278. The number of hydrogen-bond acceptors (Lipinski definition) is 4. The topological polar surface area (TPSA) is 84.3 Å². The highest BCUT2D eigenvalue weighted by molar-refractivity contribution is 5.91. The van der Waals surface area contributed by atoms with Gasteiger partial charge in [0, 0.05) is 24.7 Å². The van der Waals surface area contributed by atoms with E-state index in [9.17, 15) is 14.9 Å². The Morgan fingerprint density at radius 2 is 1.79 bits per heavy atom. The summed E-state index contributed by atoms with van der Waals surface area (Å²) < 4.78 is 0. The first-order valence-electron chi connectivity index (χ1n) is 7.84. The highest BCUT2D eigenvalue weighted by Gasteiger charge is 2.12. The second-order valence-corrected chi connectivity index (χ2v) is 5.78. The van der Waals surface area contributed by atoms with E-state index in [1.807, 2.05) is 24.3 Å². The van der Waals surface area contributed by atoms with E-state index in [4.69, 9.17) is 0 Å². The van der Waals surface area contributed by atoms with Crippen molar-refractivity contribution in [1.29, 1.82) is 0 Å². The summed E-state index contributed by atoms with van der Waals surface area (Å²) in [7, 11) is 0. The molecule has 126 valence electrons. The van der Waals surface area contributed by atoms with Crippen molar-refractivity contribution in [3.8, 4) is 0 Å². The van der Waals surface area contributed by atoms with Crippen LogP contribution in [-0.2, 0) is 4.79 Å². The highest BCUT2D eigenvalue weighted by atomic mass is 16.6. The summed E-state index contributed by atoms with van der Waals surface area (Å²) in [6.07, 6.45) is 0.220. The Labute approximate surface area is 141 Å². The molecule has 0 atom stereocenters. The van der Waals surface area contributed by atoms with Crippen LogP contribution in [0.5, 0.6) is 0 Å². The van der Waals surface area contributed by atoms with Gasteiger partial charge in [-0.1, -0.05) is 38.1 Å². The molecule has 0 radical (unpaired) electrons. The second kappa shape index (κ2) is 8.10. The molecule has 0 heterocycles. The van der Waals surface area contributed by atoms with Crippen LogP contribution in [0.1, 0.15) is 31.7 Å². The van der Waals surface area contributed by atoms with E-state index in [1.165, 1.54) is 11.6 Å². The molecule has 2 N–H and O–H groups in total. The number of rotatable bonds is 7. The molecule has 0 unspecified atom stereocenters. The lowest BCUT2D eigenvalue weighted by Crippen LogP contribution is -2.16. The Hall–Kier alpha value is -2.89. The van der Waals surface area contributed by atoms with E-state index in [0.717, 1.165) is 5.69 Å². The minimum absolute atomic E-state index is 0.00202. The molecule has 24 heavy (non-hydrogen) atoms. The van der Waals surface area contributed by atoms with Crippen molar-refractivity contribution in [3.05, 3.63) is 64.2 Å². The van der Waals surface area contributed by atoms with Gasteiger partial charge >= 0.3 is 0 Å². The quantitative estimate of drug-likeness (QED) is 0.591. The van der Waals surface area contributed by atoms with Crippen molar-refractivity contribution in [3.63, 3.8) is 0 Å². The first-order valence-corrected chi connectivity index (χ1v) is 7.84. The zero-order chi connectivity index (χ0) is 17.5. The summed E-state index contributed by atoms with van der Waals surface area (Å²) in [6.45, 7) is 4.55. The van der Waals surface area contributed by atoms with Gasteiger partial charge < -0.3 is 10.6 Å². The number of nitrogens with zero attached hydrogens (tertiary/aromatic N) is 1. The van der Waals surface area contributed by atoms with Crippen LogP contribution < -0.4 is 10.6 Å². The number of benzene rings is 2. The average Bonchev–Trinajstić information content (AvgIpc) is 2.55. The summed E-state index contributed by atoms with van der Waals surface area (Å²) in [5, 5.41) is 16.7. The molecule has 0 aromatic heterocycles. The van der Waals surface area contributed by atoms with Crippen LogP contribution in [0.3, 0.4) is 0 Å². The number of carbonyl (C=O) groups is 1. The van der Waals surface area contributed by atoms with Crippen LogP contribution in [0.2, 0.25) is 0 Å². The molecule has 0 saturated carbocycles. The van der Waals surface area contributed by atoms with Crippen molar-refractivity contribution >= 4 is 23.0 Å². The lowest BCUT2D eigenvalue weighted by Gasteiger charge is -2.09. The highest BCUT2D eigenvalue weighted by Crippen LogP contribution is 2.23. The Morgan fingerprint density at radius 3 is 2.42 bits per heavy atom. The van der Waals surface area contributed by atoms with Gasteiger partial charge in [0.05, 0.1) is 4.92 Å². The number of nitrogens with one attached hydrogen (secondary N) is 2. The normalized spacial score (nSPS) is 10.5. The summed E-state index contributed by atoms with van der Waals surface area (Å²) >= 11 is 0. The zero-order valence-electron chi connectivity index (χ0n) is 13.8. The fourth-order valence-electron chi connectivity index (χ4n) is 2.27. The lowest BCUT2D eigenvalue weighted by atomic mass is 10.0. The third kappa shape index (κ3) is 4.81. The van der Waals surface area contributed by atoms with Gasteiger partial charge in [0.2, 0.25) is 5.91 Å². The third-order valence-electron chi connectivity index (χ3n) is 3.63. The van der Waals surface area contributed by atoms with E-state index < -0.39 is 4.92 Å². The van der Waals surface area contributed by atoms with Crippen molar-refractivity contribution in [1.82, 2.24) is 0 Å². The van der Waals surface area contributed by atoms with E-state index in [-0.39, 0.29) is 18.0 Å². The van der Waals surface area contributed by atoms with Crippen molar-refractivity contribution in [2.24, 2.45) is 0 Å². The SMILES string of the molecule is CC(C)c1ccc(NC(=O)CCNc2ccccc2[N+](=O)[O-])cc1. The molecule has 0 aliphatic rings. The number of anilines is 2. The molecular formula is C18H21N3O3. The minimum Gasteiger partial charge on any atom is -0.379 e. The van der Waals surface area contributed by atoms with Crippen LogP contribution >= 0.6 is 0 Å². The fourth-order valence-corrected chi connectivity index (χ4v) is 2.27. The van der Waals surface area contributed by atoms with Crippen LogP contribution in [0.15, 0.2) is 48.5 Å². The molecule has 1 amide bonds. The minimum atomic E-state index is -0.446. The van der Waals surface area contributed by atoms with E-state index in [1.54, 1.807) is 18.2 Å². The average molecular weight is 327 g/mol. The largest absolute Gasteiger partial charge is 0.379 e. The predicted molar refractivity (Wildman–Crippen MR) is 95.4 cm³/mol. The summed E-state index contributed by atoms with van der Waals surface area (Å²) in [4.78, 5) is 22.4. The number of nitro groups is 1. The smallest absolute Gasteiger partial charge is 0.292 e. The maximum absolute atomic E-state index is 12.0. The monoisotopic (exact) mass is 327 g/mol. The number of carbonyl (C=O) groups excluding carboxylic acids is 1. The molecule has 6 nitrogen and oxygen atoms in total. The standard InChI is InChI=1S/C18H21N3O3/c1-13(2)14-7-9-15(10-8-14)20-18(22)11-12-19-16-5-3-4-6-17(16)21(23)24/h3-10,13,19H,11-12H2,1-2H3,(H,20,22). The maximum Gasteiger partial charge on any atom is 0.292 e. The molecule has 0 fully saturated rings. The maximum atomic E-state index is 12.0. The van der Waals surface area contributed by atoms with Gasteiger partial charge in [-0.2, -0.15) is 0 Å². The summed E-state index contributed by atoms with van der Waals surface area (Å²) in [5.74, 6) is 0.305. The first kappa shape index (κ1) is 17.5. The molecule has 2 rings (SSSR count). The molecule has 2 aromatic carbocycles. The van der Waals surface area contributed by atoms with Gasteiger partial charge in [0.1, 0.15) is 5.69 Å². The number of amides is 1. The Bertz CT molecular complexity index is 712. The van der Waals surface area contributed by atoms with Gasteiger partial charge in [-0.05, 0) is 29.7 Å². The third-order valence-corrected chi connectivity index (χ3v) is 3.63. The van der Waals surface area contributed by atoms with Crippen molar-refractivity contribution in [2.75, 3.05) is 17.2 Å². The van der Waals surface area contributed by atoms with Gasteiger partial charge in [-0.25, -0.2) is 0 Å². The van der Waals surface area contributed by atoms with E-state index in [0.29, 0.717) is 18.2 Å². The lowest BCUT2D eigenvalue weighted by molar-refractivity contribution is -0.384. The predicted octanol–water partition coefficient (Wildman–Crippen LogP) is 4.16. The number of para-hydroxylation sites is 2. The van der Waals surface area contributed by atoms with Crippen molar-refractivity contribution in [2.45, 2.75) is 26.2 Å². The molecule has 2 aromatic rings. The molecule has 0 spiro atoms. The molecule has 0 bridgehead atoms. The Kier molecular flexibility index (Phi) is 5.89. The number of nitro benzene ring substituents is 1. The van der Waals surface area contributed by atoms with Crippen LogP contribution in [0, 0.1) is 10.1 Å². The van der Waals surface area contributed by atoms with Gasteiger partial charge in [0.15, 0.2) is 0 Å². The Morgan fingerprint density at radius 1 is 1.12 bits per heavy atom. The van der Waals surface area contributed by atoms with E-state index in [2.05, 4.69) is 24.5 Å². The molecule has 0 aliphatic heterocycles. The van der Waals surface area contributed by atoms with Crippen LogP contribution in [0.25, 0.3) is 0 Å². The molecule has 6 heteroatoms. The molecular weight excluding hydrogens is 306 g/mol. The first-order chi connectivity index (χ1) is 11.5. The van der Waals surface area contributed by atoms with Crippen LogP contribution in [0.4, 0.5) is 17.1 Å². The number of hydrogen-bond donors (Lipinski definition) is 2. The van der Waals surface area contributed by atoms with Crippen LogP contribution in [-0.4, -0.2) is 17.4 Å². The molecule has 0 saturated heterocycles. The van der Waals surface area contributed by atoms with E-state index >= 15 is 0 Å². The van der Waals surface area contributed by atoms with Gasteiger partial charge in [0.25, 0.3) is 5.69 Å². The van der Waals surface area contributed by atoms with Gasteiger partial charge in [-0.3, -0.25) is 14.9 Å². The second-order valence-electron chi connectivity index (χ2n) is 5.78. The molecule has 0 aliphatic carbocycles. The summed E-state index contributed by atoms with van der Waals surface area (Å²) in [5.41, 5.74) is 2.37. The summed E-state index contributed by atoms with van der Waals surface area (Å²) in [6, 6.07) is 14.1.